The Kier molecular flexibility index (Phi) is 6.16. The number of hydrogen-bond acceptors (Lipinski definition) is 4. The Labute approximate surface area is 161 Å². The van der Waals surface area contributed by atoms with E-state index < -0.39 is 5.82 Å². The minimum absolute atomic E-state index is 0.132. The van der Waals surface area contributed by atoms with Crippen LogP contribution in [0.15, 0.2) is 71.5 Å². The third kappa shape index (κ3) is 4.82. The second-order valence-corrected chi connectivity index (χ2v) is 6.21. The fraction of sp³-hybridized carbons (Fsp3) is 0.190. The van der Waals surface area contributed by atoms with Gasteiger partial charge in [-0.2, -0.15) is 5.10 Å². The average Bonchev–Trinajstić information content (AvgIpc) is 2.71. The lowest BCUT2D eigenvalue weighted by Crippen LogP contribution is -2.33. The number of halogens is 1. The number of likely N-dealkylation sites (N-methyl/N-ethyl adjacent to an activating group) is 1. The van der Waals surface area contributed by atoms with Gasteiger partial charge in [0, 0.05) is 13.1 Å². The predicted octanol–water partition coefficient (Wildman–Crippen LogP) is 2.58. The van der Waals surface area contributed by atoms with Crippen LogP contribution in [-0.4, -0.2) is 40.8 Å². The fourth-order valence-corrected chi connectivity index (χ4v) is 2.58. The number of benzene rings is 2. The molecule has 0 radical (unpaired) electrons. The smallest absolute Gasteiger partial charge is 0.274 e. The molecule has 0 unspecified atom stereocenters. The molecule has 0 N–H and O–H groups in total. The van der Waals surface area contributed by atoms with Gasteiger partial charge in [-0.15, -0.1) is 0 Å². The van der Waals surface area contributed by atoms with Crippen LogP contribution in [0.4, 0.5) is 4.39 Å². The number of ether oxygens (including phenoxy) is 1. The van der Waals surface area contributed by atoms with E-state index >= 15 is 0 Å². The summed E-state index contributed by atoms with van der Waals surface area (Å²) in [7, 11) is 1.60. The van der Waals surface area contributed by atoms with Gasteiger partial charge in [0.2, 0.25) is 0 Å². The van der Waals surface area contributed by atoms with E-state index in [1.54, 1.807) is 19.2 Å². The molecule has 3 aromatic rings. The van der Waals surface area contributed by atoms with Crippen LogP contribution >= 0.6 is 0 Å². The summed E-state index contributed by atoms with van der Waals surface area (Å²) in [4.78, 5) is 26.1. The first-order valence-corrected chi connectivity index (χ1v) is 8.79. The van der Waals surface area contributed by atoms with E-state index in [1.807, 2.05) is 30.3 Å². The Morgan fingerprint density at radius 2 is 1.79 bits per heavy atom. The van der Waals surface area contributed by atoms with Crippen LogP contribution in [0.3, 0.4) is 0 Å². The summed E-state index contributed by atoms with van der Waals surface area (Å²) in [6, 6.07) is 18.2. The van der Waals surface area contributed by atoms with Crippen molar-refractivity contribution in [1.82, 2.24) is 14.7 Å². The summed E-state index contributed by atoms with van der Waals surface area (Å²) in [6.45, 7) is 0.653. The van der Waals surface area contributed by atoms with E-state index in [1.165, 1.54) is 33.8 Å². The van der Waals surface area contributed by atoms with Crippen molar-refractivity contribution < 1.29 is 13.9 Å². The Bertz CT molecular complexity index is 1010. The Hall–Kier alpha value is -3.48. The van der Waals surface area contributed by atoms with Crippen LogP contribution in [0.25, 0.3) is 0 Å². The second kappa shape index (κ2) is 8.94. The van der Waals surface area contributed by atoms with Crippen molar-refractivity contribution in [1.29, 1.82) is 0 Å². The minimum atomic E-state index is -0.453. The van der Waals surface area contributed by atoms with E-state index in [2.05, 4.69) is 5.10 Å². The van der Waals surface area contributed by atoms with Crippen LogP contribution in [-0.2, 0) is 6.54 Å². The molecule has 0 atom stereocenters. The number of carbonyl (C=O) groups is 1. The Morgan fingerprint density at radius 1 is 1.07 bits per heavy atom. The molecule has 1 aromatic heterocycles. The molecule has 0 bridgehead atoms. The number of aromatic nitrogens is 2. The topological polar surface area (TPSA) is 64.4 Å². The zero-order valence-corrected chi connectivity index (χ0v) is 15.4. The molecule has 0 aliphatic carbocycles. The van der Waals surface area contributed by atoms with Gasteiger partial charge in [-0.1, -0.05) is 42.5 Å². The van der Waals surface area contributed by atoms with E-state index in [4.69, 9.17) is 4.74 Å². The van der Waals surface area contributed by atoms with Crippen molar-refractivity contribution in [2.24, 2.45) is 0 Å². The zero-order valence-electron chi connectivity index (χ0n) is 15.4. The summed E-state index contributed by atoms with van der Waals surface area (Å²) >= 11 is 0. The van der Waals surface area contributed by atoms with Crippen LogP contribution in [0.5, 0.6) is 5.75 Å². The quantitative estimate of drug-likeness (QED) is 0.631. The Balaban J connectivity index is 1.64. The van der Waals surface area contributed by atoms with Crippen molar-refractivity contribution in [2.75, 3.05) is 20.2 Å². The van der Waals surface area contributed by atoms with Gasteiger partial charge in [0.1, 0.15) is 12.3 Å². The van der Waals surface area contributed by atoms with Gasteiger partial charge >= 0.3 is 0 Å². The molecule has 0 aliphatic heterocycles. The van der Waals surface area contributed by atoms with Gasteiger partial charge in [0.15, 0.2) is 11.6 Å². The first-order valence-electron chi connectivity index (χ1n) is 8.79. The predicted molar refractivity (Wildman–Crippen MR) is 103 cm³/mol. The van der Waals surface area contributed by atoms with Gasteiger partial charge in [0.05, 0.1) is 13.1 Å². The lowest BCUT2D eigenvalue weighted by molar-refractivity contribution is 0.0764. The fourth-order valence-electron chi connectivity index (χ4n) is 2.58. The molecule has 0 fully saturated rings. The highest BCUT2D eigenvalue weighted by atomic mass is 19.1. The van der Waals surface area contributed by atoms with Gasteiger partial charge < -0.3 is 9.64 Å². The molecular weight excluding hydrogens is 361 g/mol. The van der Waals surface area contributed by atoms with E-state index in [9.17, 15) is 14.0 Å². The monoisotopic (exact) mass is 381 g/mol. The molecule has 1 heterocycles. The summed E-state index contributed by atoms with van der Waals surface area (Å²) in [6.07, 6.45) is 0. The van der Waals surface area contributed by atoms with Crippen molar-refractivity contribution in [3.63, 3.8) is 0 Å². The number of amides is 1. The SMILES string of the molecule is CN(CCOc1ccccc1F)C(=O)c1ccc(=O)n(Cc2ccccc2)n1. The van der Waals surface area contributed by atoms with E-state index in [0.29, 0.717) is 0 Å². The van der Waals surface area contributed by atoms with Crippen LogP contribution in [0.1, 0.15) is 16.1 Å². The molecule has 6 nitrogen and oxygen atoms in total. The number of rotatable bonds is 7. The molecule has 7 heteroatoms. The largest absolute Gasteiger partial charge is 0.489 e. The first-order chi connectivity index (χ1) is 13.5. The average molecular weight is 381 g/mol. The maximum Gasteiger partial charge on any atom is 0.274 e. The van der Waals surface area contributed by atoms with Gasteiger partial charge in [0.25, 0.3) is 11.5 Å². The first kappa shape index (κ1) is 19.3. The van der Waals surface area contributed by atoms with E-state index in [0.717, 1.165) is 5.56 Å². The highest BCUT2D eigenvalue weighted by molar-refractivity contribution is 5.91. The standard InChI is InChI=1S/C21H20FN3O3/c1-24(13-14-28-19-10-6-5-9-17(19)22)21(27)18-11-12-20(26)25(23-18)15-16-7-3-2-4-8-16/h2-12H,13-15H2,1H3. The normalized spacial score (nSPS) is 10.5. The van der Waals surface area contributed by atoms with E-state index in [-0.39, 0.29) is 42.6 Å². The highest BCUT2D eigenvalue weighted by Gasteiger charge is 2.15. The summed E-state index contributed by atoms with van der Waals surface area (Å²) in [5.74, 6) is -0.664. The van der Waals surface area contributed by atoms with Gasteiger partial charge in [-0.25, -0.2) is 9.07 Å². The third-order valence-electron chi connectivity index (χ3n) is 4.13. The van der Waals surface area contributed by atoms with Crippen LogP contribution < -0.4 is 10.3 Å². The van der Waals surface area contributed by atoms with Gasteiger partial charge in [-0.3, -0.25) is 9.59 Å². The Morgan fingerprint density at radius 3 is 2.54 bits per heavy atom. The van der Waals surface area contributed by atoms with Crippen molar-refractivity contribution >= 4 is 5.91 Å². The molecule has 0 saturated heterocycles. The van der Waals surface area contributed by atoms with Gasteiger partial charge in [-0.05, 0) is 23.8 Å². The molecule has 0 spiro atoms. The molecule has 28 heavy (non-hydrogen) atoms. The maximum absolute atomic E-state index is 13.6. The molecule has 3 rings (SSSR count). The third-order valence-corrected chi connectivity index (χ3v) is 4.13. The van der Waals surface area contributed by atoms with Crippen molar-refractivity contribution in [2.45, 2.75) is 6.54 Å². The summed E-state index contributed by atoms with van der Waals surface area (Å²) in [5.41, 5.74) is 0.781. The molecule has 144 valence electrons. The number of carbonyl (C=O) groups excluding carboxylic acids is 1. The highest BCUT2D eigenvalue weighted by Crippen LogP contribution is 2.15. The summed E-state index contributed by atoms with van der Waals surface area (Å²) in [5, 5.41) is 4.18. The van der Waals surface area contributed by atoms with Crippen LogP contribution in [0, 0.1) is 5.82 Å². The maximum atomic E-state index is 13.6. The molecular formula is C21H20FN3O3. The summed E-state index contributed by atoms with van der Waals surface area (Å²) < 4.78 is 20.2. The van der Waals surface area contributed by atoms with Crippen molar-refractivity contribution in [3.05, 3.63) is 94.2 Å². The second-order valence-electron chi connectivity index (χ2n) is 6.21. The molecule has 0 aliphatic rings. The lowest BCUT2D eigenvalue weighted by atomic mass is 10.2. The van der Waals surface area contributed by atoms with Crippen LogP contribution in [0.2, 0.25) is 0 Å². The lowest BCUT2D eigenvalue weighted by Gasteiger charge is -2.17. The molecule has 0 saturated carbocycles. The molecule has 1 amide bonds. The van der Waals surface area contributed by atoms with Crippen molar-refractivity contribution in [3.8, 4) is 5.75 Å². The zero-order chi connectivity index (χ0) is 19.9. The number of hydrogen-bond donors (Lipinski definition) is 0. The number of para-hydroxylation sites is 1. The molecule has 2 aromatic carbocycles. The number of nitrogens with zero attached hydrogens (tertiary/aromatic N) is 3. The minimum Gasteiger partial charge on any atom is -0.489 e.